The average Bonchev–Trinajstić information content (AvgIpc) is 2.96. The lowest BCUT2D eigenvalue weighted by Gasteiger charge is -1.97. The molecule has 0 aliphatic heterocycles. The molecule has 0 amide bonds. The van der Waals surface area contributed by atoms with Crippen LogP contribution in [0, 0.1) is 0 Å². The fourth-order valence-corrected chi connectivity index (χ4v) is 2.69. The summed E-state index contributed by atoms with van der Waals surface area (Å²) in [5, 5.41) is 14.8. The second kappa shape index (κ2) is 4.81. The van der Waals surface area contributed by atoms with Gasteiger partial charge in [0.15, 0.2) is 11.5 Å². The monoisotopic (exact) mass is 273 g/mol. The minimum Gasteiger partial charge on any atom is -0.476 e. The van der Waals surface area contributed by atoms with Gasteiger partial charge in [-0.25, -0.2) is 9.78 Å². The Morgan fingerprint density at radius 1 is 1.26 bits per heavy atom. The molecule has 0 atom stereocenters. The van der Waals surface area contributed by atoms with Crippen LogP contribution in [0.4, 0.5) is 0 Å². The maximum absolute atomic E-state index is 11.0. The van der Waals surface area contributed by atoms with Crippen molar-refractivity contribution in [2.75, 3.05) is 0 Å². The van der Waals surface area contributed by atoms with E-state index in [1.54, 1.807) is 5.38 Å². The molecular weight excluding hydrogens is 262 g/mol. The second-order valence-electron chi connectivity index (χ2n) is 4.13. The zero-order chi connectivity index (χ0) is 13.2. The molecule has 6 heteroatoms. The predicted molar refractivity (Wildman–Crippen MR) is 71.7 cm³/mol. The number of hydrogen-bond donors (Lipinski definition) is 1. The molecule has 3 rings (SSSR count). The maximum atomic E-state index is 11.0. The van der Waals surface area contributed by atoms with Crippen LogP contribution >= 0.6 is 11.3 Å². The van der Waals surface area contributed by atoms with Gasteiger partial charge in [0.25, 0.3) is 0 Å². The number of aromatic nitrogens is 3. The second-order valence-corrected chi connectivity index (χ2v) is 4.97. The molecule has 2 heterocycles. The van der Waals surface area contributed by atoms with Crippen molar-refractivity contribution in [2.45, 2.75) is 12.8 Å². The number of carboxylic acids is 1. The zero-order valence-corrected chi connectivity index (χ0v) is 10.8. The Morgan fingerprint density at radius 2 is 2.05 bits per heavy atom. The topological polar surface area (TPSA) is 67.5 Å². The summed E-state index contributed by atoms with van der Waals surface area (Å²) in [7, 11) is 0. The zero-order valence-electron chi connectivity index (χ0n) is 9.98. The van der Waals surface area contributed by atoms with E-state index in [1.165, 1.54) is 21.4 Å². The summed E-state index contributed by atoms with van der Waals surface area (Å²) < 4.78 is 1.40. The number of rotatable bonds is 4. The molecule has 0 radical (unpaired) electrons. The first kappa shape index (κ1) is 11.9. The maximum Gasteiger partial charge on any atom is 0.355 e. The largest absolute Gasteiger partial charge is 0.476 e. The molecule has 1 aromatic carbocycles. The van der Waals surface area contributed by atoms with Gasteiger partial charge in [-0.1, -0.05) is 30.3 Å². The highest BCUT2D eigenvalue weighted by Crippen LogP contribution is 2.15. The molecular formula is C13H11N3O2S. The summed E-state index contributed by atoms with van der Waals surface area (Å²) in [6, 6.07) is 10.1. The van der Waals surface area contributed by atoms with E-state index in [0.717, 1.165) is 6.42 Å². The minimum atomic E-state index is -0.981. The lowest BCUT2D eigenvalue weighted by Crippen LogP contribution is -2.02. The van der Waals surface area contributed by atoms with E-state index in [4.69, 9.17) is 5.11 Å². The molecule has 0 saturated heterocycles. The lowest BCUT2D eigenvalue weighted by atomic mass is 10.1. The molecule has 5 nitrogen and oxygen atoms in total. The normalized spacial score (nSPS) is 10.9. The van der Waals surface area contributed by atoms with Gasteiger partial charge in [-0.2, -0.15) is 4.52 Å². The minimum absolute atomic E-state index is 0.165. The molecule has 0 unspecified atom stereocenters. The quantitative estimate of drug-likeness (QED) is 0.792. The molecule has 0 aliphatic rings. The van der Waals surface area contributed by atoms with Gasteiger partial charge in [0.1, 0.15) is 0 Å². The summed E-state index contributed by atoms with van der Waals surface area (Å²) in [6.07, 6.45) is 1.55. The molecule has 96 valence electrons. The molecule has 0 saturated carbocycles. The molecule has 0 bridgehead atoms. The van der Waals surface area contributed by atoms with E-state index in [1.807, 2.05) is 18.2 Å². The smallest absolute Gasteiger partial charge is 0.355 e. The highest BCUT2D eigenvalue weighted by molar-refractivity contribution is 7.15. The summed E-state index contributed by atoms with van der Waals surface area (Å²) in [4.78, 5) is 15.9. The van der Waals surface area contributed by atoms with Crippen LogP contribution in [0.15, 0.2) is 35.7 Å². The van der Waals surface area contributed by atoms with E-state index in [2.05, 4.69) is 22.2 Å². The first-order valence-electron chi connectivity index (χ1n) is 5.84. The Morgan fingerprint density at radius 3 is 2.79 bits per heavy atom. The number of thiazole rings is 1. The van der Waals surface area contributed by atoms with E-state index in [0.29, 0.717) is 17.2 Å². The number of carboxylic acid groups (broad SMARTS) is 1. The molecule has 3 aromatic rings. The van der Waals surface area contributed by atoms with Crippen LogP contribution in [0.5, 0.6) is 0 Å². The Labute approximate surface area is 113 Å². The van der Waals surface area contributed by atoms with Gasteiger partial charge in [-0.3, -0.25) is 0 Å². The summed E-state index contributed by atoms with van der Waals surface area (Å²) in [6.45, 7) is 0. The van der Waals surface area contributed by atoms with Crippen molar-refractivity contribution >= 4 is 22.3 Å². The number of hydrogen-bond acceptors (Lipinski definition) is 4. The summed E-state index contributed by atoms with van der Waals surface area (Å²) in [5.74, 6) is -0.302. The van der Waals surface area contributed by atoms with Crippen LogP contribution in [0.1, 0.15) is 21.9 Å². The predicted octanol–water partition coefficient (Wildman–Crippen LogP) is 2.27. The van der Waals surface area contributed by atoms with Crippen LogP contribution in [0.2, 0.25) is 0 Å². The van der Waals surface area contributed by atoms with Crippen molar-refractivity contribution < 1.29 is 9.90 Å². The summed E-state index contributed by atoms with van der Waals surface area (Å²) >= 11 is 1.29. The van der Waals surface area contributed by atoms with Crippen LogP contribution in [-0.2, 0) is 12.8 Å². The first-order chi connectivity index (χ1) is 9.24. The third kappa shape index (κ3) is 2.34. The van der Waals surface area contributed by atoms with Crippen LogP contribution in [0.25, 0.3) is 4.96 Å². The molecule has 0 aliphatic carbocycles. The SMILES string of the molecule is O=C(O)c1csc2nc(CCc3ccccc3)nn12. The lowest BCUT2D eigenvalue weighted by molar-refractivity contribution is 0.0688. The third-order valence-electron chi connectivity index (χ3n) is 2.82. The van der Waals surface area contributed by atoms with Gasteiger partial charge in [0.2, 0.25) is 4.96 Å². The van der Waals surface area contributed by atoms with Crippen molar-refractivity contribution in [1.82, 2.24) is 14.6 Å². The van der Waals surface area contributed by atoms with E-state index < -0.39 is 5.97 Å². The number of carbonyl (C=O) groups is 1. The Hall–Kier alpha value is -2.21. The third-order valence-corrected chi connectivity index (χ3v) is 3.64. The van der Waals surface area contributed by atoms with E-state index in [9.17, 15) is 4.79 Å². The number of fused-ring (bicyclic) bond motifs is 1. The van der Waals surface area contributed by atoms with Gasteiger partial charge in [-0.15, -0.1) is 16.4 Å². The standard InChI is InChI=1S/C13H11N3O2S/c17-12(18)10-8-19-13-14-11(15-16(10)13)7-6-9-4-2-1-3-5-9/h1-5,8H,6-7H2,(H,17,18). The Kier molecular flexibility index (Phi) is 3.00. The molecule has 1 N–H and O–H groups in total. The van der Waals surface area contributed by atoms with Crippen molar-refractivity contribution in [3.8, 4) is 0 Å². The molecule has 2 aromatic heterocycles. The van der Waals surface area contributed by atoms with Crippen molar-refractivity contribution in [1.29, 1.82) is 0 Å². The fraction of sp³-hybridized carbons (Fsp3) is 0.154. The summed E-state index contributed by atoms with van der Waals surface area (Å²) in [5.41, 5.74) is 1.39. The average molecular weight is 273 g/mol. The van der Waals surface area contributed by atoms with Gasteiger partial charge in [-0.05, 0) is 12.0 Å². The van der Waals surface area contributed by atoms with Crippen LogP contribution in [-0.4, -0.2) is 25.7 Å². The van der Waals surface area contributed by atoms with Crippen molar-refractivity contribution in [3.63, 3.8) is 0 Å². The van der Waals surface area contributed by atoms with Crippen molar-refractivity contribution in [3.05, 3.63) is 52.8 Å². The van der Waals surface area contributed by atoms with Crippen molar-refractivity contribution in [2.24, 2.45) is 0 Å². The molecule has 19 heavy (non-hydrogen) atoms. The number of aryl methyl sites for hydroxylation is 2. The highest BCUT2D eigenvalue weighted by Gasteiger charge is 2.14. The Balaban J connectivity index is 1.80. The Bertz CT molecular complexity index is 718. The number of benzene rings is 1. The van der Waals surface area contributed by atoms with Gasteiger partial charge >= 0.3 is 5.97 Å². The fourth-order valence-electron chi connectivity index (χ4n) is 1.88. The van der Waals surface area contributed by atoms with Gasteiger partial charge in [0, 0.05) is 11.8 Å². The molecule has 0 fully saturated rings. The van der Waals surface area contributed by atoms with E-state index >= 15 is 0 Å². The van der Waals surface area contributed by atoms with Crippen LogP contribution in [0.3, 0.4) is 0 Å². The first-order valence-corrected chi connectivity index (χ1v) is 6.72. The number of nitrogens with zero attached hydrogens (tertiary/aromatic N) is 3. The highest BCUT2D eigenvalue weighted by atomic mass is 32.1. The molecule has 0 spiro atoms. The van der Waals surface area contributed by atoms with Gasteiger partial charge in [0.05, 0.1) is 0 Å². The van der Waals surface area contributed by atoms with Crippen LogP contribution < -0.4 is 0 Å². The number of aromatic carboxylic acids is 1. The van der Waals surface area contributed by atoms with E-state index in [-0.39, 0.29) is 5.69 Å². The van der Waals surface area contributed by atoms with Gasteiger partial charge < -0.3 is 5.11 Å².